The molecule has 0 spiro atoms. The summed E-state index contributed by atoms with van der Waals surface area (Å²) in [7, 11) is 0. The van der Waals surface area contributed by atoms with E-state index in [1.54, 1.807) is 12.3 Å². The van der Waals surface area contributed by atoms with Crippen molar-refractivity contribution >= 4 is 11.9 Å². The molecule has 0 bridgehead atoms. The molecule has 0 aliphatic rings. The standard InChI is InChI=1S/C19H16FNO/c1-13-6-8-18(14(2)10-13)21-12-17-7-9-19(22-17)15-4-3-5-16(20)11-15/h3-12H,1-2H3. The van der Waals surface area contributed by atoms with Gasteiger partial charge >= 0.3 is 0 Å². The van der Waals surface area contributed by atoms with Crippen LogP contribution in [0.15, 0.2) is 64.0 Å². The van der Waals surface area contributed by atoms with Crippen molar-refractivity contribution in [2.75, 3.05) is 0 Å². The highest BCUT2D eigenvalue weighted by Gasteiger charge is 2.04. The third-order valence-electron chi connectivity index (χ3n) is 3.42. The van der Waals surface area contributed by atoms with E-state index in [0.29, 0.717) is 17.1 Å². The molecule has 0 saturated carbocycles. The van der Waals surface area contributed by atoms with Gasteiger partial charge in [0.15, 0.2) is 0 Å². The second-order valence-electron chi connectivity index (χ2n) is 5.26. The van der Waals surface area contributed by atoms with Crippen LogP contribution in [0.1, 0.15) is 16.9 Å². The van der Waals surface area contributed by atoms with Crippen LogP contribution in [0.5, 0.6) is 0 Å². The molecule has 0 aliphatic heterocycles. The molecule has 0 amide bonds. The van der Waals surface area contributed by atoms with Crippen molar-refractivity contribution in [2.24, 2.45) is 4.99 Å². The van der Waals surface area contributed by atoms with Crippen LogP contribution in [0, 0.1) is 19.7 Å². The van der Waals surface area contributed by atoms with Crippen LogP contribution < -0.4 is 0 Å². The van der Waals surface area contributed by atoms with Gasteiger partial charge < -0.3 is 4.42 Å². The summed E-state index contributed by atoms with van der Waals surface area (Å²) in [5.74, 6) is 0.986. The Hall–Kier alpha value is -2.68. The first kappa shape index (κ1) is 14.3. The summed E-state index contributed by atoms with van der Waals surface area (Å²) < 4.78 is 18.9. The summed E-state index contributed by atoms with van der Waals surface area (Å²) in [6, 6.07) is 16.1. The van der Waals surface area contributed by atoms with Gasteiger partial charge in [0.2, 0.25) is 0 Å². The normalized spacial score (nSPS) is 11.2. The second-order valence-corrected chi connectivity index (χ2v) is 5.26. The number of benzene rings is 2. The highest BCUT2D eigenvalue weighted by atomic mass is 19.1. The molecule has 110 valence electrons. The lowest BCUT2D eigenvalue weighted by Crippen LogP contribution is -1.80. The van der Waals surface area contributed by atoms with E-state index in [-0.39, 0.29) is 5.82 Å². The zero-order valence-corrected chi connectivity index (χ0v) is 12.5. The molecular weight excluding hydrogens is 277 g/mol. The number of rotatable bonds is 3. The average molecular weight is 293 g/mol. The molecule has 3 rings (SSSR count). The van der Waals surface area contributed by atoms with Crippen LogP contribution in [-0.4, -0.2) is 6.21 Å². The van der Waals surface area contributed by atoms with Crippen LogP contribution in [0.25, 0.3) is 11.3 Å². The van der Waals surface area contributed by atoms with Crippen molar-refractivity contribution in [3.63, 3.8) is 0 Å². The Morgan fingerprint density at radius 1 is 1.00 bits per heavy atom. The Balaban J connectivity index is 1.83. The molecule has 0 aliphatic carbocycles. The maximum Gasteiger partial charge on any atom is 0.145 e. The molecule has 2 nitrogen and oxygen atoms in total. The lowest BCUT2D eigenvalue weighted by Gasteiger charge is -2.00. The molecule has 3 aromatic rings. The summed E-state index contributed by atoms with van der Waals surface area (Å²) in [5, 5.41) is 0. The monoisotopic (exact) mass is 293 g/mol. The fourth-order valence-electron chi connectivity index (χ4n) is 2.30. The molecule has 0 N–H and O–H groups in total. The quantitative estimate of drug-likeness (QED) is 0.589. The van der Waals surface area contributed by atoms with Crippen LogP contribution in [0.2, 0.25) is 0 Å². The fraction of sp³-hybridized carbons (Fsp3) is 0.105. The van der Waals surface area contributed by atoms with Gasteiger partial charge in [0.05, 0.1) is 11.9 Å². The van der Waals surface area contributed by atoms with Gasteiger partial charge in [0.1, 0.15) is 17.3 Å². The lowest BCUT2D eigenvalue weighted by molar-refractivity contribution is 0.573. The van der Waals surface area contributed by atoms with Crippen LogP contribution in [-0.2, 0) is 0 Å². The van der Waals surface area contributed by atoms with Crippen molar-refractivity contribution in [1.29, 1.82) is 0 Å². The third-order valence-corrected chi connectivity index (χ3v) is 3.42. The van der Waals surface area contributed by atoms with E-state index in [1.165, 1.54) is 17.7 Å². The average Bonchev–Trinajstić information content (AvgIpc) is 2.95. The lowest BCUT2D eigenvalue weighted by atomic mass is 10.1. The highest BCUT2D eigenvalue weighted by molar-refractivity contribution is 5.80. The maximum atomic E-state index is 13.2. The van der Waals surface area contributed by atoms with Crippen molar-refractivity contribution < 1.29 is 8.81 Å². The minimum Gasteiger partial charge on any atom is -0.455 e. The predicted octanol–water partition coefficient (Wildman–Crippen LogP) is 5.45. The number of furan rings is 1. The van der Waals surface area contributed by atoms with Crippen LogP contribution in [0.3, 0.4) is 0 Å². The first-order chi connectivity index (χ1) is 10.6. The molecule has 3 heteroatoms. The first-order valence-corrected chi connectivity index (χ1v) is 7.09. The largest absolute Gasteiger partial charge is 0.455 e. The van der Waals surface area contributed by atoms with Crippen molar-refractivity contribution in [2.45, 2.75) is 13.8 Å². The predicted molar refractivity (Wildman–Crippen MR) is 87.3 cm³/mol. The number of aryl methyl sites for hydroxylation is 2. The van der Waals surface area contributed by atoms with E-state index < -0.39 is 0 Å². The Kier molecular flexibility index (Phi) is 3.88. The number of hydrogen-bond acceptors (Lipinski definition) is 2. The zero-order valence-electron chi connectivity index (χ0n) is 12.5. The molecule has 0 radical (unpaired) electrons. The van der Waals surface area contributed by atoms with Crippen molar-refractivity contribution in [3.05, 3.63) is 77.3 Å². The summed E-state index contributed by atoms with van der Waals surface area (Å²) in [4.78, 5) is 4.45. The molecule has 1 aromatic heterocycles. The summed E-state index contributed by atoms with van der Waals surface area (Å²) in [6.45, 7) is 4.08. The van der Waals surface area contributed by atoms with Gasteiger partial charge in [-0.15, -0.1) is 0 Å². The fourth-order valence-corrected chi connectivity index (χ4v) is 2.30. The van der Waals surface area contributed by atoms with E-state index in [9.17, 15) is 4.39 Å². The van der Waals surface area contributed by atoms with Crippen molar-refractivity contribution in [3.8, 4) is 11.3 Å². The van der Waals surface area contributed by atoms with E-state index in [1.807, 2.05) is 37.3 Å². The van der Waals surface area contributed by atoms with Gasteiger partial charge in [-0.2, -0.15) is 0 Å². The van der Waals surface area contributed by atoms with E-state index in [0.717, 1.165) is 11.3 Å². The summed E-state index contributed by atoms with van der Waals surface area (Å²) >= 11 is 0. The van der Waals surface area contributed by atoms with Crippen LogP contribution in [0.4, 0.5) is 10.1 Å². The van der Waals surface area contributed by atoms with Gasteiger partial charge in [-0.3, -0.25) is 4.99 Å². The van der Waals surface area contributed by atoms with E-state index in [4.69, 9.17) is 4.42 Å². The minimum absolute atomic E-state index is 0.278. The van der Waals surface area contributed by atoms with Gasteiger partial charge in [0.25, 0.3) is 0 Å². The first-order valence-electron chi connectivity index (χ1n) is 7.09. The van der Waals surface area contributed by atoms with Gasteiger partial charge in [0, 0.05) is 5.56 Å². The minimum atomic E-state index is -0.278. The van der Waals surface area contributed by atoms with Gasteiger partial charge in [-0.25, -0.2) is 4.39 Å². The molecule has 0 saturated heterocycles. The highest BCUT2D eigenvalue weighted by Crippen LogP contribution is 2.23. The Labute approximate surface area is 128 Å². The second kappa shape index (κ2) is 5.98. The zero-order chi connectivity index (χ0) is 15.5. The molecule has 22 heavy (non-hydrogen) atoms. The topological polar surface area (TPSA) is 25.5 Å². The summed E-state index contributed by atoms with van der Waals surface area (Å²) in [6.07, 6.45) is 1.68. The number of halogens is 1. The van der Waals surface area contributed by atoms with Gasteiger partial charge in [-0.1, -0.05) is 29.8 Å². The van der Waals surface area contributed by atoms with Crippen LogP contribution >= 0.6 is 0 Å². The third kappa shape index (κ3) is 3.14. The SMILES string of the molecule is Cc1ccc(N=Cc2ccc(-c3cccc(F)c3)o2)c(C)c1. The number of aliphatic imine (C=N–C) groups is 1. The number of hydrogen-bond donors (Lipinski definition) is 0. The molecular formula is C19H16FNO. The smallest absolute Gasteiger partial charge is 0.145 e. The molecule has 0 atom stereocenters. The van der Waals surface area contributed by atoms with E-state index in [2.05, 4.69) is 18.0 Å². The molecule has 0 fully saturated rings. The molecule has 0 unspecified atom stereocenters. The van der Waals surface area contributed by atoms with Crippen molar-refractivity contribution in [1.82, 2.24) is 0 Å². The van der Waals surface area contributed by atoms with Gasteiger partial charge in [-0.05, 0) is 49.7 Å². The molecule has 2 aromatic carbocycles. The Morgan fingerprint density at radius 3 is 2.64 bits per heavy atom. The number of nitrogens with zero attached hydrogens (tertiary/aromatic N) is 1. The Morgan fingerprint density at radius 2 is 1.86 bits per heavy atom. The maximum absolute atomic E-state index is 13.2. The Bertz CT molecular complexity index is 833. The van der Waals surface area contributed by atoms with E-state index >= 15 is 0 Å². The summed E-state index contributed by atoms with van der Waals surface area (Å²) in [5.41, 5.74) is 3.96. The molecule has 1 heterocycles.